The third-order valence-electron chi connectivity index (χ3n) is 4.84. The maximum atomic E-state index is 13.0. The maximum Gasteiger partial charge on any atom is 0.302 e. The summed E-state index contributed by atoms with van der Waals surface area (Å²) in [6, 6.07) is 10.5. The highest BCUT2D eigenvalue weighted by atomic mass is 16.5. The van der Waals surface area contributed by atoms with Crippen LogP contribution in [0.25, 0.3) is 0 Å². The molecule has 2 aromatic rings. The minimum Gasteiger partial charge on any atom is -0.465 e. The molecule has 0 saturated heterocycles. The van der Waals surface area contributed by atoms with Crippen molar-refractivity contribution >= 4 is 34.7 Å². The first-order chi connectivity index (χ1) is 14.2. The molecule has 0 aliphatic carbocycles. The lowest BCUT2D eigenvalue weighted by Gasteiger charge is -2.28. The minimum absolute atomic E-state index is 0.0620. The van der Waals surface area contributed by atoms with Crippen LogP contribution in [0.1, 0.15) is 32.0 Å². The third kappa shape index (κ3) is 4.53. The van der Waals surface area contributed by atoms with E-state index in [2.05, 4.69) is 9.98 Å². The fraction of sp³-hybridized carbons (Fsp3) is 0.318. The summed E-state index contributed by atoms with van der Waals surface area (Å²) >= 11 is 0. The number of amides is 1. The molecule has 3 rings (SSSR count). The number of Topliss-reactive ketones (excluding diaryl/α,β-unsaturated/α-hetero) is 1. The van der Waals surface area contributed by atoms with Gasteiger partial charge in [0.25, 0.3) is 0 Å². The Bertz CT molecular complexity index is 1020. The second-order valence-corrected chi connectivity index (χ2v) is 7.72. The van der Waals surface area contributed by atoms with Gasteiger partial charge in [-0.25, -0.2) is 0 Å². The van der Waals surface area contributed by atoms with Gasteiger partial charge in [-0.05, 0) is 44.2 Å². The van der Waals surface area contributed by atoms with Gasteiger partial charge in [0.1, 0.15) is 13.2 Å². The molecule has 156 valence electrons. The smallest absolute Gasteiger partial charge is 0.302 e. The van der Waals surface area contributed by atoms with Gasteiger partial charge in [0.2, 0.25) is 5.91 Å². The number of benzene rings is 1. The number of aliphatic imine (C=N–C) groups is 1. The van der Waals surface area contributed by atoms with Crippen molar-refractivity contribution < 1.29 is 19.1 Å². The largest absolute Gasteiger partial charge is 0.465 e. The molecule has 1 aromatic heterocycles. The number of esters is 1. The zero-order valence-electron chi connectivity index (χ0n) is 17.2. The standard InChI is InChI=1S/C22H24N4O4/c1-14(27)30-13-22(2,3)19(28)12-26-18-8-7-15(23)10-16(18)21(25-11-20(26)29)17-6-4-5-9-24-17/h4-10H,11-13,23H2,1-3H3. The van der Waals surface area contributed by atoms with Gasteiger partial charge in [0.05, 0.1) is 29.1 Å². The molecule has 30 heavy (non-hydrogen) atoms. The Hall–Kier alpha value is -3.55. The lowest BCUT2D eigenvalue weighted by Crippen LogP contribution is -2.43. The van der Waals surface area contributed by atoms with Crippen molar-refractivity contribution in [2.24, 2.45) is 10.4 Å². The predicted octanol–water partition coefficient (Wildman–Crippen LogP) is 2.01. The van der Waals surface area contributed by atoms with Gasteiger partial charge in [-0.15, -0.1) is 0 Å². The van der Waals surface area contributed by atoms with Crippen LogP contribution in [-0.2, 0) is 19.1 Å². The molecule has 1 aliphatic rings. The Labute approximate surface area is 174 Å². The molecule has 0 saturated carbocycles. The number of nitrogen functional groups attached to an aromatic ring is 1. The van der Waals surface area contributed by atoms with Gasteiger partial charge in [0.15, 0.2) is 5.78 Å². The fourth-order valence-electron chi connectivity index (χ4n) is 3.05. The second kappa shape index (κ2) is 8.44. The molecular formula is C22H24N4O4. The Morgan fingerprint density at radius 1 is 1.23 bits per heavy atom. The molecule has 0 fully saturated rings. The monoisotopic (exact) mass is 408 g/mol. The minimum atomic E-state index is -0.948. The average molecular weight is 408 g/mol. The van der Waals surface area contributed by atoms with E-state index in [1.54, 1.807) is 50.4 Å². The molecule has 1 aromatic carbocycles. The van der Waals surface area contributed by atoms with Crippen LogP contribution in [0.15, 0.2) is 47.6 Å². The summed E-state index contributed by atoms with van der Waals surface area (Å²) in [5, 5.41) is 0. The van der Waals surface area contributed by atoms with Gasteiger partial charge < -0.3 is 15.4 Å². The van der Waals surface area contributed by atoms with Crippen molar-refractivity contribution in [3.05, 3.63) is 53.9 Å². The molecule has 2 heterocycles. The van der Waals surface area contributed by atoms with Crippen molar-refractivity contribution in [3.8, 4) is 0 Å². The summed E-state index contributed by atoms with van der Waals surface area (Å²) in [6.45, 7) is 4.29. The molecular weight excluding hydrogens is 384 g/mol. The zero-order chi connectivity index (χ0) is 21.9. The van der Waals surface area contributed by atoms with E-state index < -0.39 is 11.4 Å². The number of pyridine rings is 1. The number of rotatable bonds is 6. The van der Waals surface area contributed by atoms with Crippen LogP contribution in [0, 0.1) is 5.41 Å². The molecule has 0 bridgehead atoms. The SMILES string of the molecule is CC(=O)OCC(C)(C)C(=O)CN1C(=O)CN=C(c2ccccn2)c2cc(N)ccc21. The number of ether oxygens (including phenoxy) is 1. The first kappa shape index (κ1) is 21.2. The lowest BCUT2D eigenvalue weighted by molar-refractivity contribution is -0.146. The topological polar surface area (TPSA) is 115 Å². The normalized spacial score (nSPS) is 13.9. The molecule has 8 nitrogen and oxygen atoms in total. The highest BCUT2D eigenvalue weighted by molar-refractivity contribution is 6.19. The number of hydrogen-bond acceptors (Lipinski definition) is 7. The number of anilines is 2. The van der Waals surface area contributed by atoms with Gasteiger partial charge in [-0.3, -0.25) is 24.4 Å². The van der Waals surface area contributed by atoms with Gasteiger partial charge >= 0.3 is 5.97 Å². The van der Waals surface area contributed by atoms with Crippen molar-refractivity contribution in [1.29, 1.82) is 0 Å². The van der Waals surface area contributed by atoms with Crippen LogP contribution in [0.5, 0.6) is 0 Å². The molecule has 0 spiro atoms. The van der Waals surface area contributed by atoms with Crippen molar-refractivity contribution in [3.63, 3.8) is 0 Å². The highest BCUT2D eigenvalue weighted by Gasteiger charge is 2.34. The molecule has 8 heteroatoms. The van der Waals surface area contributed by atoms with Crippen molar-refractivity contribution in [2.45, 2.75) is 20.8 Å². The summed E-state index contributed by atoms with van der Waals surface area (Å²) in [5.41, 5.74) is 7.88. The molecule has 0 unspecified atom stereocenters. The Kier molecular flexibility index (Phi) is 5.96. The van der Waals surface area contributed by atoms with Crippen LogP contribution < -0.4 is 10.6 Å². The van der Waals surface area contributed by atoms with E-state index in [4.69, 9.17) is 10.5 Å². The Morgan fingerprint density at radius 3 is 2.67 bits per heavy atom. The van der Waals surface area contributed by atoms with Crippen LogP contribution in [0.2, 0.25) is 0 Å². The van der Waals surface area contributed by atoms with E-state index in [0.29, 0.717) is 28.3 Å². The van der Waals surface area contributed by atoms with Crippen molar-refractivity contribution in [1.82, 2.24) is 4.98 Å². The summed E-state index contributed by atoms with van der Waals surface area (Å²) < 4.78 is 5.02. The van der Waals surface area contributed by atoms with Crippen LogP contribution in [-0.4, -0.2) is 48.1 Å². The van der Waals surface area contributed by atoms with Crippen LogP contribution in [0.4, 0.5) is 11.4 Å². The summed E-state index contributed by atoms with van der Waals surface area (Å²) in [4.78, 5) is 47.2. The highest BCUT2D eigenvalue weighted by Crippen LogP contribution is 2.29. The van der Waals surface area contributed by atoms with E-state index in [-0.39, 0.29) is 31.4 Å². The predicted molar refractivity (Wildman–Crippen MR) is 113 cm³/mol. The summed E-state index contributed by atoms with van der Waals surface area (Å²) in [6.07, 6.45) is 1.65. The number of nitrogens with two attached hydrogens (primary N) is 1. The van der Waals surface area contributed by atoms with E-state index in [1.807, 2.05) is 6.07 Å². The molecule has 1 amide bonds. The van der Waals surface area contributed by atoms with E-state index in [9.17, 15) is 14.4 Å². The molecule has 1 aliphatic heterocycles. The molecule has 0 atom stereocenters. The fourth-order valence-corrected chi connectivity index (χ4v) is 3.05. The van der Waals surface area contributed by atoms with Gasteiger partial charge in [0, 0.05) is 24.4 Å². The number of ketones is 1. The number of hydrogen-bond donors (Lipinski definition) is 1. The number of aromatic nitrogens is 1. The van der Waals surface area contributed by atoms with E-state index in [0.717, 1.165) is 0 Å². The lowest BCUT2D eigenvalue weighted by atomic mass is 9.88. The zero-order valence-corrected chi connectivity index (χ0v) is 17.2. The number of carbonyl (C=O) groups excluding carboxylic acids is 3. The Morgan fingerprint density at radius 2 is 2.00 bits per heavy atom. The first-order valence-corrected chi connectivity index (χ1v) is 9.52. The van der Waals surface area contributed by atoms with E-state index >= 15 is 0 Å². The first-order valence-electron chi connectivity index (χ1n) is 9.52. The quantitative estimate of drug-likeness (QED) is 0.577. The van der Waals surface area contributed by atoms with Crippen LogP contribution >= 0.6 is 0 Å². The second-order valence-electron chi connectivity index (χ2n) is 7.72. The number of carbonyl (C=O) groups is 3. The molecule has 2 N–H and O–H groups in total. The molecule has 0 radical (unpaired) electrons. The number of fused-ring (bicyclic) bond motifs is 1. The van der Waals surface area contributed by atoms with Crippen molar-refractivity contribution in [2.75, 3.05) is 30.3 Å². The van der Waals surface area contributed by atoms with E-state index in [1.165, 1.54) is 11.8 Å². The van der Waals surface area contributed by atoms with Gasteiger partial charge in [-0.2, -0.15) is 0 Å². The number of nitrogens with zero attached hydrogens (tertiary/aromatic N) is 3. The Balaban J connectivity index is 1.97. The summed E-state index contributed by atoms with van der Waals surface area (Å²) in [7, 11) is 0. The number of benzodiazepines with no additional fused rings is 1. The van der Waals surface area contributed by atoms with Gasteiger partial charge in [-0.1, -0.05) is 6.07 Å². The summed E-state index contributed by atoms with van der Waals surface area (Å²) in [5.74, 6) is -1.01. The maximum absolute atomic E-state index is 13.0. The third-order valence-corrected chi connectivity index (χ3v) is 4.84. The van der Waals surface area contributed by atoms with Crippen LogP contribution in [0.3, 0.4) is 0 Å². The average Bonchev–Trinajstić information content (AvgIpc) is 2.84.